The summed E-state index contributed by atoms with van der Waals surface area (Å²) in [6.45, 7) is 3.79. The molecule has 1 aromatic carbocycles. The molecule has 0 saturated carbocycles. The van der Waals surface area contributed by atoms with Gasteiger partial charge in [-0.25, -0.2) is 4.98 Å². The fourth-order valence-electron chi connectivity index (χ4n) is 2.73. The number of halogens is 1. The second-order valence-corrected chi connectivity index (χ2v) is 5.59. The summed E-state index contributed by atoms with van der Waals surface area (Å²) in [5.74, 6) is 1.10. The summed E-state index contributed by atoms with van der Waals surface area (Å²) in [5, 5.41) is 4.29. The number of hydrogen-bond acceptors (Lipinski definition) is 3. The Hall–Kier alpha value is -1.36. The van der Waals surface area contributed by atoms with Gasteiger partial charge in [-0.1, -0.05) is 29.8 Å². The van der Waals surface area contributed by atoms with Crippen molar-refractivity contribution in [1.82, 2.24) is 19.8 Å². The summed E-state index contributed by atoms with van der Waals surface area (Å²) in [5.41, 5.74) is 1.18. The van der Waals surface area contributed by atoms with Gasteiger partial charge >= 0.3 is 0 Å². The van der Waals surface area contributed by atoms with Crippen LogP contribution in [0.5, 0.6) is 0 Å². The Morgan fingerprint density at radius 1 is 1.40 bits per heavy atom. The van der Waals surface area contributed by atoms with Crippen LogP contribution in [0.25, 0.3) is 0 Å². The molecule has 0 amide bonds. The van der Waals surface area contributed by atoms with Gasteiger partial charge in [0.1, 0.15) is 5.82 Å². The highest BCUT2D eigenvalue weighted by molar-refractivity contribution is 6.31. The lowest BCUT2D eigenvalue weighted by atomic mass is 10.1. The van der Waals surface area contributed by atoms with Crippen molar-refractivity contribution in [2.75, 3.05) is 19.6 Å². The van der Waals surface area contributed by atoms with Crippen LogP contribution in [0.2, 0.25) is 5.02 Å². The van der Waals surface area contributed by atoms with E-state index < -0.39 is 0 Å². The maximum Gasteiger partial charge on any atom is 0.127 e. The van der Waals surface area contributed by atoms with Crippen LogP contribution in [0.15, 0.2) is 36.7 Å². The average molecular weight is 291 g/mol. The summed E-state index contributed by atoms with van der Waals surface area (Å²) in [4.78, 5) is 6.95. The fourth-order valence-corrected chi connectivity index (χ4v) is 2.93. The van der Waals surface area contributed by atoms with Crippen molar-refractivity contribution in [2.45, 2.75) is 12.6 Å². The van der Waals surface area contributed by atoms with Gasteiger partial charge in [0.15, 0.2) is 0 Å². The fraction of sp³-hybridized carbons (Fsp3) is 0.400. The molecule has 0 bridgehead atoms. The predicted molar refractivity (Wildman–Crippen MR) is 80.7 cm³/mol. The van der Waals surface area contributed by atoms with Crippen LogP contribution in [-0.4, -0.2) is 34.1 Å². The monoisotopic (exact) mass is 290 g/mol. The Bertz CT molecular complexity index is 581. The Kier molecular flexibility index (Phi) is 4.05. The SMILES string of the molecule is Cn1ccnc1C1CNCCN1Cc1ccccc1Cl. The molecule has 1 aromatic heterocycles. The number of nitrogens with zero attached hydrogens (tertiary/aromatic N) is 3. The number of piperazine rings is 1. The summed E-state index contributed by atoms with van der Waals surface area (Å²) in [6.07, 6.45) is 3.86. The van der Waals surface area contributed by atoms with Gasteiger partial charge in [0, 0.05) is 50.6 Å². The Morgan fingerprint density at radius 2 is 2.25 bits per heavy atom. The number of hydrogen-bond donors (Lipinski definition) is 1. The molecule has 1 aliphatic heterocycles. The average Bonchev–Trinajstić information content (AvgIpc) is 2.88. The normalized spacial score (nSPS) is 20.2. The van der Waals surface area contributed by atoms with Gasteiger partial charge in [0.05, 0.1) is 6.04 Å². The van der Waals surface area contributed by atoms with Gasteiger partial charge in [0.25, 0.3) is 0 Å². The van der Waals surface area contributed by atoms with Gasteiger partial charge in [0.2, 0.25) is 0 Å². The van der Waals surface area contributed by atoms with Crippen molar-refractivity contribution >= 4 is 11.6 Å². The highest BCUT2D eigenvalue weighted by Gasteiger charge is 2.26. The van der Waals surface area contributed by atoms with E-state index in [1.165, 1.54) is 5.56 Å². The smallest absolute Gasteiger partial charge is 0.127 e. The maximum atomic E-state index is 6.28. The Balaban J connectivity index is 1.83. The largest absolute Gasteiger partial charge is 0.337 e. The molecule has 106 valence electrons. The van der Waals surface area contributed by atoms with E-state index in [4.69, 9.17) is 11.6 Å². The van der Waals surface area contributed by atoms with E-state index in [-0.39, 0.29) is 0 Å². The molecule has 1 unspecified atom stereocenters. The number of aromatic nitrogens is 2. The van der Waals surface area contributed by atoms with Crippen molar-refractivity contribution in [1.29, 1.82) is 0 Å². The molecule has 1 atom stereocenters. The predicted octanol–water partition coefficient (Wildman–Crippen LogP) is 2.22. The van der Waals surface area contributed by atoms with Crippen LogP contribution >= 0.6 is 11.6 Å². The first kappa shape index (κ1) is 13.6. The molecular formula is C15H19ClN4. The summed E-state index contributed by atoms with van der Waals surface area (Å²) in [7, 11) is 2.05. The molecule has 3 rings (SSSR count). The third kappa shape index (κ3) is 2.73. The first-order chi connectivity index (χ1) is 9.75. The lowest BCUT2D eigenvalue weighted by molar-refractivity contribution is 0.145. The first-order valence-electron chi connectivity index (χ1n) is 6.91. The molecular weight excluding hydrogens is 272 g/mol. The van der Waals surface area contributed by atoms with Crippen LogP contribution in [0, 0.1) is 0 Å². The lowest BCUT2D eigenvalue weighted by Crippen LogP contribution is -2.46. The first-order valence-corrected chi connectivity index (χ1v) is 7.29. The van der Waals surface area contributed by atoms with Crippen LogP contribution in [0.1, 0.15) is 17.4 Å². The van der Waals surface area contributed by atoms with E-state index in [2.05, 4.69) is 25.8 Å². The minimum atomic E-state index is 0.292. The van der Waals surface area contributed by atoms with E-state index in [1.807, 2.05) is 37.6 Å². The lowest BCUT2D eigenvalue weighted by Gasteiger charge is -2.35. The molecule has 4 nitrogen and oxygen atoms in total. The molecule has 0 radical (unpaired) electrons. The van der Waals surface area contributed by atoms with E-state index in [0.717, 1.165) is 37.0 Å². The quantitative estimate of drug-likeness (QED) is 0.941. The topological polar surface area (TPSA) is 33.1 Å². The third-order valence-electron chi connectivity index (χ3n) is 3.84. The Labute approximate surface area is 124 Å². The Morgan fingerprint density at radius 3 is 3.00 bits per heavy atom. The molecule has 0 aliphatic carbocycles. The van der Waals surface area contributed by atoms with Gasteiger partial charge < -0.3 is 9.88 Å². The number of rotatable bonds is 3. The van der Waals surface area contributed by atoms with Crippen molar-refractivity contribution < 1.29 is 0 Å². The van der Waals surface area contributed by atoms with Gasteiger partial charge in [-0.2, -0.15) is 0 Å². The number of benzene rings is 1. The summed E-state index contributed by atoms with van der Waals surface area (Å²) >= 11 is 6.28. The van der Waals surface area contributed by atoms with Crippen LogP contribution < -0.4 is 5.32 Å². The number of aryl methyl sites for hydroxylation is 1. The standard InChI is InChI=1S/C15H19ClN4/c1-19-8-7-18-15(19)14-10-17-6-9-20(14)11-12-4-2-3-5-13(12)16/h2-5,7-8,14,17H,6,9-11H2,1H3. The highest BCUT2D eigenvalue weighted by atomic mass is 35.5. The number of nitrogens with one attached hydrogen (secondary N) is 1. The van der Waals surface area contributed by atoms with Crippen LogP contribution in [-0.2, 0) is 13.6 Å². The van der Waals surface area contributed by atoms with Crippen LogP contribution in [0.3, 0.4) is 0 Å². The van der Waals surface area contributed by atoms with Crippen molar-refractivity contribution in [3.63, 3.8) is 0 Å². The number of imidazole rings is 1. The van der Waals surface area contributed by atoms with Gasteiger partial charge in [-0.3, -0.25) is 4.90 Å². The molecule has 5 heteroatoms. The molecule has 20 heavy (non-hydrogen) atoms. The molecule has 1 N–H and O–H groups in total. The molecule has 2 heterocycles. The van der Waals surface area contributed by atoms with Crippen molar-refractivity contribution in [2.24, 2.45) is 7.05 Å². The molecule has 1 aliphatic rings. The maximum absolute atomic E-state index is 6.28. The van der Waals surface area contributed by atoms with Crippen molar-refractivity contribution in [3.05, 3.63) is 53.1 Å². The third-order valence-corrected chi connectivity index (χ3v) is 4.21. The zero-order valence-corrected chi connectivity index (χ0v) is 12.3. The summed E-state index contributed by atoms with van der Waals surface area (Å²) in [6, 6.07) is 8.35. The van der Waals surface area contributed by atoms with Crippen LogP contribution in [0.4, 0.5) is 0 Å². The molecule has 1 saturated heterocycles. The van der Waals surface area contributed by atoms with E-state index in [1.54, 1.807) is 0 Å². The van der Waals surface area contributed by atoms with Gasteiger partial charge in [-0.05, 0) is 11.6 Å². The van der Waals surface area contributed by atoms with Crippen molar-refractivity contribution in [3.8, 4) is 0 Å². The summed E-state index contributed by atoms with van der Waals surface area (Å²) < 4.78 is 2.09. The second-order valence-electron chi connectivity index (χ2n) is 5.18. The van der Waals surface area contributed by atoms with Gasteiger partial charge in [-0.15, -0.1) is 0 Å². The second kappa shape index (κ2) is 5.95. The van der Waals surface area contributed by atoms with E-state index in [9.17, 15) is 0 Å². The highest BCUT2D eigenvalue weighted by Crippen LogP contribution is 2.25. The molecule has 1 fully saturated rings. The zero-order chi connectivity index (χ0) is 13.9. The van der Waals surface area contributed by atoms with E-state index >= 15 is 0 Å². The molecule has 2 aromatic rings. The van der Waals surface area contributed by atoms with E-state index in [0.29, 0.717) is 6.04 Å². The molecule has 0 spiro atoms. The minimum Gasteiger partial charge on any atom is -0.337 e. The zero-order valence-electron chi connectivity index (χ0n) is 11.6. The minimum absolute atomic E-state index is 0.292.